The number of carbonyl (C=O) groups excluding carboxylic acids is 1. The summed E-state index contributed by atoms with van der Waals surface area (Å²) in [5, 5.41) is 17.7. The molecular formula is C25H27N3O3. The van der Waals surface area contributed by atoms with Crippen molar-refractivity contribution in [1.29, 1.82) is 0 Å². The molecule has 31 heavy (non-hydrogen) atoms. The Bertz CT molecular complexity index is 1200. The topological polar surface area (TPSA) is 71.1 Å². The number of aromatic nitrogens is 3. The number of hydrogen-bond donors (Lipinski definition) is 0. The Morgan fingerprint density at radius 1 is 0.968 bits per heavy atom. The standard InChI is InChI=1S/C25H27N3O3/c1-2-3-4-5-6-9-16-31-22-15-14-19-17-21(13-12-20(19)18-22)25(29)27-23-10-7-8-11-24(23)28(30)26-27/h7-8,10-15,17-18H,2-6,9,16H2,1H3. The molecule has 1 heterocycles. The van der Waals surface area contributed by atoms with Gasteiger partial charge in [-0.1, -0.05) is 68.0 Å². The summed E-state index contributed by atoms with van der Waals surface area (Å²) in [6.07, 6.45) is 7.40. The van der Waals surface area contributed by atoms with E-state index in [4.69, 9.17) is 4.74 Å². The summed E-state index contributed by atoms with van der Waals surface area (Å²) in [5.74, 6) is 0.502. The van der Waals surface area contributed by atoms with Gasteiger partial charge in [-0.25, -0.2) is 4.79 Å². The van der Waals surface area contributed by atoms with Gasteiger partial charge < -0.3 is 9.94 Å². The molecule has 6 heteroatoms. The highest BCUT2D eigenvalue weighted by Crippen LogP contribution is 2.23. The molecule has 0 spiro atoms. The highest BCUT2D eigenvalue weighted by atomic mass is 16.5. The molecule has 0 aliphatic heterocycles. The Kier molecular flexibility index (Phi) is 6.46. The summed E-state index contributed by atoms with van der Waals surface area (Å²) in [6.45, 7) is 2.94. The van der Waals surface area contributed by atoms with E-state index in [-0.39, 0.29) is 5.91 Å². The molecule has 6 nitrogen and oxygen atoms in total. The number of benzene rings is 3. The lowest BCUT2D eigenvalue weighted by atomic mass is 10.1. The summed E-state index contributed by atoms with van der Waals surface area (Å²) >= 11 is 0. The van der Waals surface area contributed by atoms with Gasteiger partial charge in [0, 0.05) is 0 Å². The Hall–Kier alpha value is -3.41. The first-order chi connectivity index (χ1) is 15.2. The minimum atomic E-state index is -0.337. The quantitative estimate of drug-likeness (QED) is 0.212. The van der Waals surface area contributed by atoms with Crippen molar-refractivity contribution in [2.45, 2.75) is 45.4 Å². The van der Waals surface area contributed by atoms with Crippen LogP contribution in [-0.2, 0) is 0 Å². The van der Waals surface area contributed by atoms with Gasteiger partial charge in [-0.05, 0) is 53.6 Å². The largest absolute Gasteiger partial charge is 0.691 e. The average Bonchev–Trinajstić information content (AvgIpc) is 3.14. The van der Waals surface area contributed by atoms with Crippen molar-refractivity contribution in [1.82, 2.24) is 9.90 Å². The van der Waals surface area contributed by atoms with E-state index in [0.717, 1.165) is 34.2 Å². The van der Waals surface area contributed by atoms with Gasteiger partial charge in [0.15, 0.2) is 0 Å². The lowest BCUT2D eigenvalue weighted by Gasteiger charge is -2.08. The first-order valence-electron chi connectivity index (χ1n) is 11.0. The van der Waals surface area contributed by atoms with Crippen LogP contribution in [0.1, 0.15) is 55.8 Å². The second kappa shape index (κ2) is 9.60. The third kappa shape index (κ3) is 4.68. The zero-order valence-corrected chi connectivity index (χ0v) is 17.8. The lowest BCUT2D eigenvalue weighted by Crippen LogP contribution is -2.31. The minimum Gasteiger partial charge on any atom is -0.691 e. The summed E-state index contributed by atoms with van der Waals surface area (Å²) in [6, 6.07) is 18.2. The molecule has 0 atom stereocenters. The van der Waals surface area contributed by atoms with Crippen LogP contribution >= 0.6 is 0 Å². The van der Waals surface area contributed by atoms with Crippen LogP contribution in [0.4, 0.5) is 0 Å². The van der Waals surface area contributed by atoms with Crippen LogP contribution in [-0.4, -0.2) is 22.4 Å². The van der Waals surface area contributed by atoms with Crippen molar-refractivity contribution >= 4 is 27.7 Å². The second-order valence-electron chi connectivity index (χ2n) is 7.81. The number of ether oxygens (including phenoxy) is 1. The van der Waals surface area contributed by atoms with Gasteiger partial charge >= 0.3 is 5.91 Å². The SMILES string of the molecule is CCCCCCCCOc1ccc2cc(C(=O)n3n[n+]([O-])c4ccccc43)ccc2c1. The summed E-state index contributed by atoms with van der Waals surface area (Å²) in [5.41, 5.74) is 1.33. The summed E-state index contributed by atoms with van der Waals surface area (Å²) in [4.78, 5) is 13.5. The Labute approximate surface area is 181 Å². The normalized spacial score (nSPS) is 11.3. The number of carbonyl (C=O) groups is 1. The van der Waals surface area contributed by atoms with Crippen molar-refractivity contribution in [3.63, 3.8) is 0 Å². The van der Waals surface area contributed by atoms with Crippen LogP contribution in [0.25, 0.3) is 21.8 Å². The first kappa shape index (κ1) is 20.8. The maximum absolute atomic E-state index is 13.0. The molecule has 0 amide bonds. The monoisotopic (exact) mass is 417 g/mol. The molecule has 0 aliphatic rings. The van der Waals surface area contributed by atoms with Crippen LogP contribution in [0.5, 0.6) is 5.75 Å². The molecule has 0 fully saturated rings. The van der Waals surface area contributed by atoms with E-state index in [1.165, 1.54) is 32.1 Å². The first-order valence-corrected chi connectivity index (χ1v) is 11.0. The van der Waals surface area contributed by atoms with E-state index in [0.29, 0.717) is 21.4 Å². The fourth-order valence-corrected chi connectivity index (χ4v) is 3.77. The number of unbranched alkanes of at least 4 members (excludes halogenated alkanes) is 5. The van der Waals surface area contributed by atoms with Crippen molar-refractivity contribution in [3.8, 4) is 5.75 Å². The van der Waals surface area contributed by atoms with Gasteiger partial charge in [-0.15, -0.1) is 4.85 Å². The molecular weight excluding hydrogens is 390 g/mol. The number of hydrogen-bond acceptors (Lipinski definition) is 4. The molecule has 1 aromatic heterocycles. The van der Waals surface area contributed by atoms with Crippen LogP contribution in [0.3, 0.4) is 0 Å². The van der Waals surface area contributed by atoms with Crippen LogP contribution in [0.15, 0.2) is 60.7 Å². The smallest absolute Gasteiger partial charge is 0.366 e. The lowest BCUT2D eigenvalue weighted by molar-refractivity contribution is -0.645. The van der Waals surface area contributed by atoms with Gasteiger partial charge in [0.25, 0.3) is 0 Å². The third-order valence-corrected chi connectivity index (χ3v) is 5.50. The Morgan fingerprint density at radius 2 is 1.71 bits per heavy atom. The van der Waals surface area contributed by atoms with Gasteiger partial charge in [-0.3, -0.25) is 0 Å². The van der Waals surface area contributed by atoms with Gasteiger partial charge in [0.2, 0.25) is 11.0 Å². The predicted molar refractivity (Wildman–Crippen MR) is 121 cm³/mol. The molecule has 0 saturated heterocycles. The molecule has 0 radical (unpaired) electrons. The average molecular weight is 418 g/mol. The molecule has 0 bridgehead atoms. The highest BCUT2D eigenvalue weighted by Gasteiger charge is 2.22. The predicted octanol–water partition coefficient (Wildman–Crippen LogP) is 5.25. The number of nitrogens with zero attached hydrogens (tertiary/aromatic N) is 3. The molecule has 4 rings (SSSR count). The van der Waals surface area contributed by atoms with E-state index in [1.807, 2.05) is 30.3 Å². The zero-order chi connectivity index (χ0) is 21.6. The van der Waals surface area contributed by atoms with Crippen LogP contribution in [0.2, 0.25) is 0 Å². The molecule has 0 saturated carbocycles. The van der Waals surface area contributed by atoms with Gasteiger partial charge in [0.05, 0.1) is 12.2 Å². The minimum absolute atomic E-state index is 0.337. The van der Waals surface area contributed by atoms with Crippen molar-refractivity contribution < 1.29 is 14.4 Å². The summed E-state index contributed by atoms with van der Waals surface area (Å²) < 4.78 is 7.05. The van der Waals surface area contributed by atoms with Crippen LogP contribution in [0, 0.1) is 5.21 Å². The van der Waals surface area contributed by atoms with Crippen LogP contribution < -0.4 is 9.58 Å². The number of para-hydroxylation sites is 2. The third-order valence-electron chi connectivity index (χ3n) is 5.50. The summed E-state index contributed by atoms with van der Waals surface area (Å²) in [7, 11) is 0. The second-order valence-corrected chi connectivity index (χ2v) is 7.81. The molecule has 0 N–H and O–H groups in total. The molecule has 4 aromatic rings. The van der Waals surface area contributed by atoms with Crippen molar-refractivity contribution in [3.05, 3.63) is 71.4 Å². The zero-order valence-electron chi connectivity index (χ0n) is 17.8. The Balaban J connectivity index is 1.45. The van der Waals surface area contributed by atoms with E-state index < -0.39 is 0 Å². The maximum Gasteiger partial charge on any atom is 0.366 e. The molecule has 0 unspecified atom stereocenters. The van der Waals surface area contributed by atoms with Gasteiger partial charge in [0.1, 0.15) is 11.0 Å². The van der Waals surface area contributed by atoms with E-state index in [2.05, 4.69) is 12.1 Å². The van der Waals surface area contributed by atoms with Crippen molar-refractivity contribution in [2.75, 3.05) is 6.61 Å². The Morgan fingerprint density at radius 3 is 2.58 bits per heavy atom. The maximum atomic E-state index is 13.0. The fraction of sp³-hybridized carbons (Fsp3) is 0.320. The highest BCUT2D eigenvalue weighted by molar-refractivity contribution is 6.02. The molecule has 0 aliphatic carbocycles. The molecule has 3 aromatic carbocycles. The van der Waals surface area contributed by atoms with E-state index >= 15 is 0 Å². The fourth-order valence-electron chi connectivity index (χ4n) is 3.77. The molecule has 160 valence electrons. The van der Waals surface area contributed by atoms with E-state index in [1.54, 1.807) is 30.3 Å². The number of rotatable bonds is 9. The van der Waals surface area contributed by atoms with Gasteiger partial charge in [-0.2, -0.15) is 0 Å². The number of fused-ring (bicyclic) bond motifs is 2. The van der Waals surface area contributed by atoms with E-state index in [9.17, 15) is 10.0 Å². The van der Waals surface area contributed by atoms with Crippen molar-refractivity contribution in [2.24, 2.45) is 0 Å².